The van der Waals surface area contributed by atoms with Crippen molar-refractivity contribution in [3.63, 3.8) is 0 Å². The van der Waals surface area contributed by atoms with Crippen LogP contribution < -0.4 is 5.32 Å². The quantitative estimate of drug-likeness (QED) is 0.0204. The van der Waals surface area contributed by atoms with Crippen LogP contribution in [0.3, 0.4) is 0 Å². The first-order chi connectivity index (χ1) is 45.6. The van der Waals surface area contributed by atoms with Gasteiger partial charge in [-0.15, -0.1) is 0 Å². The highest BCUT2D eigenvalue weighted by Crippen LogP contribution is 2.30. The second-order valence-corrected chi connectivity index (χ2v) is 27.8. The number of unbranched alkanes of at least 4 members (excludes halogenated alkanes) is 47. The van der Waals surface area contributed by atoms with Crippen LogP contribution in [0.4, 0.5) is 0 Å². The lowest BCUT2D eigenvalue weighted by molar-refractivity contribution is -0.359. The third-order valence-electron chi connectivity index (χ3n) is 19.3. The van der Waals surface area contributed by atoms with E-state index in [1.165, 1.54) is 276 Å². The Hall–Kier alpha value is -2.05. The van der Waals surface area contributed by atoms with Crippen LogP contribution in [0, 0.1) is 0 Å². The van der Waals surface area contributed by atoms with Gasteiger partial charge in [-0.25, -0.2) is 0 Å². The second kappa shape index (κ2) is 63.4. The van der Waals surface area contributed by atoms with Gasteiger partial charge in [0.15, 0.2) is 12.6 Å². The standard InChI is InChI=1S/C79H147NO13/c1-3-5-7-9-11-13-15-17-19-21-23-25-27-29-31-33-34-35-37-39-41-43-45-47-49-51-53-55-57-59-61-63-71(84)80-67(66-90-78-76(89)74(87)77(70(65-82)92-78)93-79-75(88)73(86)72(85)69(64-81)91-79)68(83)62-60-58-56-54-52-50-48-46-44-42-40-38-36-32-30-28-26-24-22-20-18-16-14-12-10-8-6-4-2/h15,17,21,23,27,29,60,62,67-70,72-79,81-83,85-89H,3-14,16,18-20,22,24-26,28,30-59,61,63-66H2,1-2H3,(H,80,84)/b17-15-,23-21-,29-27-,62-60+. The smallest absolute Gasteiger partial charge is 0.220 e. The maximum Gasteiger partial charge on any atom is 0.220 e. The summed E-state index contributed by atoms with van der Waals surface area (Å²) < 4.78 is 22.9. The number of aliphatic hydroxyl groups is 8. The van der Waals surface area contributed by atoms with Crippen molar-refractivity contribution >= 4 is 5.91 Å². The van der Waals surface area contributed by atoms with Crippen LogP contribution in [-0.4, -0.2) is 140 Å². The summed E-state index contributed by atoms with van der Waals surface area (Å²) in [5.74, 6) is -0.234. The number of allylic oxidation sites excluding steroid dienone is 7. The average Bonchev–Trinajstić information content (AvgIpc) is 0.851. The Balaban J connectivity index is 1.63. The molecule has 0 aromatic rings. The summed E-state index contributed by atoms with van der Waals surface area (Å²) in [5, 5.41) is 87.7. The van der Waals surface area contributed by atoms with Gasteiger partial charge in [-0.1, -0.05) is 339 Å². The Morgan fingerprint density at radius 3 is 1.09 bits per heavy atom. The van der Waals surface area contributed by atoms with Gasteiger partial charge in [-0.3, -0.25) is 4.79 Å². The largest absolute Gasteiger partial charge is 0.394 e. The van der Waals surface area contributed by atoms with E-state index < -0.39 is 86.8 Å². The van der Waals surface area contributed by atoms with Crippen LogP contribution in [0.25, 0.3) is 0 Å². The van der Waals surface area contributed by atoms with E-state index in [0.717, 1.165) is 51.4 Å². The van der Waals surface area contributed by atoms with Gasteiger partial charge in [0.2, 0.25) is 5.91 Å². The molecule has 2 fully saturated rings. The van der Waals surface area contributed by atoms with E-state index >= 15 is 0 Å². The van der Waals surface area contributed by atoms with E-state index in [0.29, 0.717) is 6.42 Å². The Labute approximate surface area is 569 Å². The molecule has 2 heterocycles. The number of aliphatic hydroxyl groups excluding tert-OH is 8. The summed E-state index contributed by atoms with van der Waals surface area (Å²) in [7, 11) is 0. The third-order valence-corrected chi connectivity index (χ3v) is 19.3. The summed E-state index contributed by atoms with van der Waals surface area (Å²) in [6, 6.07) is -0.917. The molecule has 2 aliphatic rings. The van der Waals surface area contributed by atoms with Crippen LogP contribution in [0.15, 0.2) is 48.6 Å². The van der Waals surface area contributed by atoms with E-state index in [4.69, 9.17) is 18.9 Å². The molecule has 0 bridgehead atoms. The first-order valence-electron chi connectivity index (χ1n) is 39.4. The molecule has 0 aliphatic carbocycles. The molecule has 9 N–H and O–H groups in total. The van der Waals surface area contributed by atoms with Crippen molar-refractivity contribution in [1.29, 1.82) is 0 Å². The van der Waals surface area contributed by atoms with E-state index in [1.54, 1.807) is 6.08 Å². The van der Waals surface area contributed by atoms with Crippen molar-refractivity contribution in [2.75, 3.05) is 19.8 Å². The summed E-state index contributed by atoms with van der Waals surface area (Å²) in [5.41, 5.74) is 0. The highest BCUT2D eigenvalue weighted by Gasteiger charge is 2.51. The Bertz CT molecular complexity index is 1750. The molecule has 546 valence electrons. The van der Waals surface area contributed by atoms with Crippen molar-refractivity contribution in [2.24, 2.45) is 0 Å². The predicted molar refractivity (Wildman–Crippen MR) is 383 cm³/mol. The lowest BCUT2D eigenvalue weighted by Crippen LogP contribution is -2.65. The molecule has 12 unspecified atom stereocenters. The topological polar surface area (TPSA) is 228 Å². The lowest BCUT2D eigenvalue weighted by Gasteiger charge is -2.46. The Morgan fingerprint density at radius 1 is 0.387 bits per heavy atom. The molecule has 2 saturated heterocycles. The molecule has 14 nitrogen and oxygen atoms in total. The molecule has 14 heteroatoms. The predicted octanol–water partition coefficient (Wildman–Crippen LogP) is 17.4. The average molecular weight is 1320 g/mol. The van der Waals surface area contributed by atoms with Crippen molar-refractivity contribution in [2.45, 2.75) is 428 Å². The van der Waals surface area contributed by atoms with Crippen LogP contribution >= 0.6 is 0 Å². The first kappa shape index (κ1) is 87.0. The minimum Gasteiger partial charge on any atom is -0.394 e. The van der Waals surface area contributed by atoms with Crippen LogP contribution in [0.5, 0.6) is 0 Å². The molecule has 0 spiro atoms. The fraction of sp³-hybridized carbons (Fsp3) is 0.886. The molecular formula is C79H147NO13. The van der Waals surface area contributed by atoms with E-state index in [9.17, 15) is 45.6 Å². The monoisotopic (exact) mass is 1320 g/mol. The molecule has 0 radical (unpaired) electrons. The van der Waals surface area contributed by atoms with Gasteiger partial charge in [0.25, 0.3) is 0 Å². The molecule has 0 aromatic heterocycles. The van der Waals surface area contributed by atoms with Gasteiger partial charge in [0.05, 0.1) is 32.0 Å². The lowest BCUT2D eigenvalue weighted by atomic mass is 9.97. The number of hydrogen-bond donors (Lipinski definition) is 9. The van der Waals surface area contributed by atoms with Crippen LogP contribution in [0.2, 0.25) is 0 Å². The van der Waals surface area contributed by atoms with E-state index in [2.05, 4.69) is 55.6 Å². The highest BCUT2D eigenvalue weighted by molar-refractivity contribution is 5.76. The number of carbonyl (C=O) groups excluding carboxylic acids is 1. The molecule has 0 aromatic carbocycles. The zero-order chi connectivity index (χ0) is 67.3. The fourth-order valence-electron chi connectivity index (χ4n) is 13.0. The normalized spacial score (nSPS) is 22.8. The number of carbonyl (C=O) groups is 1. The highest BCUT2D eigenvalue weighted by atomic mass is 16.7. The molecule has 12 atom stereocenters. The fourth-order valence-corrected chi connectivity index (χ4v) is 13.0. The molecular weight excluding hydrogens is 1170 g/mol. The first-order valence-corrected chi connectivity index (χ1v) is 39.4. The number of amides is 1. The molecule has 2 aliphatic heterocycles. The van der Waals surface area contributed by atoms with Gasteiger partial charge in [-0.2, -0.15) is 0 Å². The number of ether oxygens (including phenoxy) is 4. The van der Waals surface area contributed by atoms with Gasteiger partial charge >= 0.3 is 0 Å². The van der Waals surface area contributed by atoms with E-state index in [1.807, 2.05) is 6.08 Å². The number of hydrogen-bond acceptors (Lipinski definition) is 13. The summed E-state index contributed by atoms with van der Waals surface area (Å²) in [4.78, 5) is 13.4. The second-order valence-electron chi connectivity index (χ2n) is 27.8. The zero-order valence-electron chi connectivity index (χ0n) is 59.8. The van der Waals surface area contributed by atoms with Crippen molar-refractivity contribution in [3.8, 4) is 0 Å². The Morgan fingerprint density at radius 2 is 0.710 bits per heavy atom. The molecule has 0 saturated carbocycles. The molecule has 2 rings (SSSR count). The zero-order valence-corrected chi connectivity index (χ0v) is 59.8. The van der Waals surface area contributed by atoms with E-state index in [-0.39, 0.29) is 18.9 Å². The van der Waals surface area contributed by atoms with Gasteiger partial charge in [0.1, 0.15) is 48.8 Å². The van der Waals surface area contributed by atoms with Crippen molar-refractivity contribution in [1.82, 2.24) is 5.32 Å². The number of nitrogens with one attached hydrogen (secondary N) is 1. The Kier molecular flexibility index (Phi) is 59.3. The van der Waals surface area contributed by atoms with Crippen LogP contribution in [0.1, 0.15) is 354 Å². The summed E-state index contributed by atoms with van der Waals surface area (Å²) in [6.07, 6.45) is 67.5. The number of rotatable bonds is 66. The van der Waals surface area contributed by atoms with Gasteiger partial charge in [-0.05, 0) is 57.8 Å². The van der Waals surface area contributed by atoms with Crippen LogP contribution in [-0.2, 0) is 23.7 Å². The minimum atomic E-state index is -1.79. The summed E-state index contributed by atoms with van der Waals surface area (Å²) >= 11 is 0. The molecule has 93 heavy (non-hydrogen) atoms. The van der Waals surface area contributed by atoms with Crippen molar-refractivity contribution in [3.05, 3.63) is 48.6 Å². The SMILES string of the molecule is CCCCCCC/C=C\C/C=C\C/C=C\CCCCCCCCCCCCCCCCCCC(=O)NC(COC1OC(CO)C(OC2OC(CO)C(O)C(O)C2O)C(O)C1O)C(O)/C=C/CCCCCCCCCCCCCCCCCCCCCCCCCCCC. The van der Waals surface area contributed by atoms with Gasteiger partial charge in [0, 0.05) is 6.42 Å². The maximum atomic E-state index is 13.4. The summed E-state index contributed by atoms with van der Waals surface area (Å²) in [6.45, 7) is 2.84. The minimum absolute atomic E-state index is 0.234. The maximum absolute atomic E-state index is 13.4. The van der Waals surface area contributed by atoms with Crippen molar-refractivity contribution < 1.29 is 64.6 Å². The third kappa shape index (κ3) is 46.8. The van der Waals surface area contributed by atoms with Gasteiger partial charge < -0.3 is 65.1 Å². The molecule has 1 amide bonds.